The fourth-order valence-corrected chi connectivity index (χ4v) is 4.25. The number of benzene rings is 2. The molecule has 3 heterocycles. The monoisotopic (exact) mass is 481 g/mol. The molecule has 1 aliphatic rings. The zero-order valence-corrected chi connectivity index (χ0v) is 19.8. The Morgan fingerprint density at radius 3 is 2.44 bits per heavy atom. The van der Waals surface area contributed by atoms with Crippen molar-refractivity contribution in [3.63, 3.8) is 0 Å². The van der Waals surface area contributed by atoms with Crippen LogP contribution in [-0.2, 0) is 22.7 Å². The molecular formula is C28H27N5O3. The predicted octanol–water partition coefficient (Wildman–Crippen LogP) is 3.34. The van der Waals surface area contributed by atoms with E-state index in [9.17, 15) is 9.59 Å². The number of amides is 2. The van der Waals surface area contributed by atoms with Gasteiger partial charge in [-0.1, -0.05) is 36.4 Å². The fourth-order valence-electron chi connectivity index (χ4n) is 4.25. The first-order chi connectivity index (χ1) is 17.7. The highest BCUT2D eigenvalue weighted by Gasteiger charge is 2.31. The third-order valence-electron chi connectivity index (χ3n) is 6.12. The molecule has 1 atom stereocenters. The maximum Gasteiger partial charge on any atom is 0.254 e. The lowest BCUT2D eigenvalue weighted by Gasteiger charge is -2.25. The fraction of sp³-hybridized carbons (Fsp3) is 0.214. The van der Waals surface area contributed by atoms with Crippen molar-refractivity contribution in [3.05, 3.63) is 114 Å². The second kappa shape index (κ2) is 11.0. The van der Waals surface area contributed by atoms with E-state index >= 15 is 0 Å². The van der Waals surface area contributed by atoms with Gasteiger partial charge in [0.2, 0.25) is 5.91 Å². The van der Waals surface area contributed by atoms with Gasteiger partial charge in [0.1, 0.15) is 6.54 Å². The zero-order valence-electron chi connectivity index (χ0n) is 19.8. The molecule has 36 heavy (non-hydrogen) atoms. The number of nitrogens with zero attached hydrogens (tertiary/aromatic N) is 5. The van der Waals surface area contributed by atoms with E-state index in [4.69, 9.17) is 4.74 Å². The van der Waals surface area contributed by atoms with Crippen molar-refractivity contribution in [2.45, 2.75) is 19.3 Å². The van der Waals surface area contributed by atoms with Gasteiger partial charge >= 0.3 is 0 Å². The van der Waals surface area contributed by atoms with E-state index in [1.165, 1.54) is 0 Å². The molecule has 2 aromatic carbocycles. The summed E-state index contributed by atoms with van der Waals surface area (Å²) in [5, 5.41) is 4.22. The minimum atomic E-state index is -0.333. The van der Waals surface area contributed by atoms with Crippen LogP contribution in [0.3, 0.4) is 0 Å². The molecule has 8 nitrogen and oxygen atoms in total. The molecule has 0 saturated carbocycles. The van der Waals surface area contributed by atoms with Crippen molar-refractivity contribution in [2.75, 3.05) is 19.6 Å². The highest BCUT2D eigenvalue weighted by atomic mass is 16.5. The highest BCUT2D eigenvalue weighted by Crippen LogP contribution is 2.17. The molecule has 2 amide bonds. The van der Waals surface area contributed by atoms with Crippen LogP contribution in [-0.4, -0.2) is 62.1 Å². The van der Waals surface area contributed by atoms with Gasteiger partial charge in [0.15, 0.2) is 0 Å². The molecule has 8 heteroatoms. The standard InChI is InChI=1S/C28H27N5O3/c34-27-20-32(28(35)24-9-11-25(12-10-24)33-15-5-14-30-33)19-26(36-21-22-6-2-1-3-7-22)18-31(27)17-23-8-4-13-29-16-23/h1-16,26H,17-21H2/t26-/m0/s1. The van der Waals surface area contributed by atoms with Crippen molar-refractivity contribution in [1.82, 2.24) is 24.6 Å². The predicted molar refractivity (Wildman–Crippen MR) is 134 cm³/mol. The van der Waals surface area contributed by atoms with Gasteiger partial charge in [0.25, 0.3) is 5.91 Å². The molecule has 0 unspecified atom stereocenters. The Labute approximate surface area is 209 Å². The molecular weight excluding hydrogens is 454 g/mol. The third kappa shape index (κ3) is 5.67. The summed E-state index contributed by atoms with van der Waals surface area (Å²) < 4.78 is 7.96. The number of hydrogen-bond acceptors (Lipinski definition) is 5. The molecule has 1 saturated heterocycles. The van der Waals surface area contributed by atoms with Crippen LogP contribution in [0.15, 0.2) is 97.6 Å². The van der Waals surface area contributed by atoms with E-state index in [1.54, 1.807) is 45.2 Å². The molecule has 0 radical (unpaired) electrons. The number of hydrogen-bond donors (Lipinski definition) is 0. The first kappa shape index (κ1) is 23.4. The highest BCUT2D eigenvalue weighted by molar-refractivity contribution is 5.97. The summed E-state index contributed by atoms with van der Waals surface area (Å²) in [6.07, 6.45) is 6.67. The van der Waals surface area contributed by atoms with Crippen molar-refractivity contribution in [2.24, 2.45) is 0 Å². The lowest BCUT2D eigenvalue weighted by Crippen LogP contribution is -2.39. The van der Waals surface area contributed by atoms with Gasteiger partial charge in [-0.2, -0.15) is 5.10 Å². The molecule has 0 aliphatic carbocycles. The van der Waals surface area contributed by atoms with Gasteiger partial charge < -0.3 is 14.5 Å². The molecule has 5 rings (SSSR count). The molecule has 4 aromatic rings. The van der Waals surface area contributed by atoms with Crippen LogP contribution in [0.2, 0.25) is 0 Å². The molecule has 0 N–H and O–H groups in total. The van der Waals surface area contributed by atoms with Crippen LogP contribution in [0.5, 0.6) is 0 Å². The summed E-state index contributed by atoms with van der Waals surface area (Å²) in [5.74, 6) is -0.321. The van der Waals surface area contributed by atoms with Crippen molar-refractivity contribution in [1.29, 1.82) is 0 Å². The summed E-state index contributed by atoms with van der Waals surface area (Å²) in [4.78, 5) is 34.2. The molecule has 1 fully saturated rings. The molecule has 0 spiro atoms. The van der Waals surface area contributed by atoms with Gasteiger partial charge in [-0.3, -0.25) is 14.6 Å². The van der Waals surface area contributed by atoms with Crippen LogP contribution in [0.1, 0.15) is 21.5 Å². The van der Waals surface area contributed by atoms with E-state index in [2.05, 4.69) is 10.1 Å². The van der Waals surface area contributed by atoms with Gasteiger partial charge in [0.05, 0.1) is 18.4 Å². The maximum atomic E-state index is 13.4. The quantitative estimate of drug-likeness (QED) is 0.405. The molecule has 0 bridgehead atoms. The van der Waals surface area contributed by atoms with Crippen LogP contribution in [0.4, 0.5) is 0 Å². The summed E-state index contributed by atoms with van der Waals surface area (Å²) in [6.45, 7) is 1.52. The van der Waals surface area contributed by atoms with Crippen LogP contribution >= 0.6 is 0 Å². The Morgan fingerprint density at radius 1 is 0.917 bits per heavy atom. The Kier molecular flexibility index (Phi) is 7.14. The number of aromatic nitrogens is 3. The van der Waals surface area contributed by atoms with Crippen LogP contribution < -0.4 is 0 Å². The Balaban J connectivity index is 1.34. The van der Waals surface area contributed by atoms with Gasteiger partial charge in [-0.05, 0) is 47.5 Å². The lowest BCUT2D eigenvalue weighted by atomic mass is 10.1. The number of carbonyl (C=O) groups excluding carboxylic acids is 2. The number of ether oxygens (including phenoxy) is 1. The summed E-state index contributed by atoms with van der Waals surface area (Å²) in [5.41, 5.74) is 3.34. The number of carbonyl (C=O) groups is 2. The van der Waals surface area contributed by atoms with Gasteiger partial charge in [-0.15, -0.1) is 0 Å². The Morgan fingerprint density at radius 2 is 1.72 bits per heavy atom. The molecule has 2 aromatic heterocycles. The average molecular weight is 482 g/mol. The van der Waals surface area contributed by atoms with E-state index in [0.717, 1.165) is 16.8 Å². The van der Waals surface area contributed by atoms with Crippen molar-refractivity contribution >= 4 is 11.8 Å². The first-order valence-electron chi connectivity index (χ1n) is 11.9. The molecule has 1 aliphatic heterocycles. The molecule has 182 valence electrons. The Hall–Kier alpha value is -4.30. The largest absolute Gasteiger partial charge is 0.370 e. The van der Waals surface area contributed by atoms with Crippen molar-refractivity contribution < 1.29 is 14.3 Å². The van der Waals surface area contributed by atoms with Gasteiger partial charge in [0, 0.05) is 50.0 Å². The summed E-state index contributed by atoms with van der Waals surface area (Å²) >= 11 is 0. The van der Waals surface area contributed by atoms with Gasteiger partial charge in [-0.25, -0.2) is 4.68 Å². The van der Waals surface area contributed by atoms with E-state index in [0.29, 0.717) is 31.8 Å². The van der Waals surface area contributed by atoms with Crippen LogP contribution in [0, 0.1) is 0 Å². The first-order valence-corrected chi connectivity index (χ1v) is 11.9. The number of pyridine rings is 1. The second-order valence-electron chi connectivity index (χ2n) is 8.74. The minimum absolute atomic E-state index is 0.00873. The second-order valence-corrected chi connectivity index (χ2v) is 8.74. The lowest BCUT2D eigenvalue weighted by molar-refractivity contribution is -0.132. The SMILES string of the molecule is O=C1CN(C(=O)c2ccc(-n3cccn3)cc2)C[C@@H](OCc2ccccc2)CN1Cc1cccnc1. The van der Waals surface area contributed by atoms with Crippen molar-refractivity contribution in [3.8, 4) is 5.69 Å². The topological polar surface area (TPSA) is 80.6 Å². The zero-order chi connectivity index (χ0) is 24.7. The van der Waals surface area contributed by atoms with Crippen LogP contribution in [0.25, 0.3) is 5.69 Å². The number of rotatable bonds is 7. The Bertz CT molecular complexity index is 1280. The average Bonchev–Trinajstić information content (AvgIpc) is 3.42. The van der Waals surface area contributed by atoms with E-state index in [1.807, 2.05) is 66.9 Å². The summed E-state index contributed by atoms with van der Waals surface area (Å²) in [6, 6.07) is 22.7. The third-order valence-corrected chi connectivity index (χ3v) is 6.12. The van der Waals surface area contributed by atoms with E-state index in [-0.39, 0.29) is 24.5 Å². The smallest absolute Gasteiger partial charge is 0.254 e. The maximum absolute atomic E-state index is 13.4. The summed E-state index contributed by atoms with van der Waals surface area (Å²) in [7, 11) is 0. The normalized spacial score (nSPS) is 16.1. The van der Waals surface area contributed by atoms with E-state index < -0.39 is 0 Å². The minimum Gasteiger partial charge on any atom is -0.370 e.